The monoisotopic (exact) mass is 325 g/mol. The normalized spacial score (nSPS) is 13.6. The van der Waals surface area contributed by atoms with Crippen LogP contribution in [0.4, 0.5) is 0 Å². The van der Waals surface area contributed by atoms with E-state index in [4.69, 9.17) is 26.0 Å². The van der Waals surface area contributed by atoms with Crippen LogP contribution < -0.4 is 14.2 Å². The summed E-state index contributed by atoms with van der Waals surface area (Å²) in [6.07, 6.45) is 0. The fraction of sp³-hybridized carbons (Fsp3) is 0.143. The molecule has 2 rings (SSSR count). The number of hydrogen-bond acceptors (Lipinski definition) is 5. The van der Waals surface area contributed by atoms with Crippen molar-refractivity contribution < 1.29 is 9.05 Å². The van der Waals surface area contributed by atoms with Gasteiger partial charge >= 0.3 is 11.4 Å². The van der Waals surface area contributed by atoms with Gasteiger partial charge in [-0.1, -0.05) is 30.3 Å². The van der Waals surface area contributed by atoms with E-state index in [1.807, 2.05) is 62.4 Å². The van der Waals surface area contributed by atoms with Crippen molar-refractivity contribution in [2.45, 2.75) is 13.8 Å². The molecule has 3 nitrogen and oxygen atoms in total. The van der Waals surface area contributed by atoms with Crippen molar-refractivity contribution in [3.63, 3.8) is 0 Å². The summed E-state index contributed by atoms with van der Waals surface area (Å²) in [6, 6.07) is 15.4. The van der Waals surface area contributed by atoms with Crippen molar-refractivity contribution in [3.8, 4) is 11.5 Å². The molecular weight excluding hydrogens is 309 g/mol. The molecule has 0 bridgehead atoms. The molecule has 0 unspecified atom stereocenters. The highest BCUT2D eigenvalue weighted by Crippen LogP contribution is 2.57. The van der Waals surface area contributed by atoms with Crippen LogP contribution in [0.15, 0.2) is 48.5 Å². The van der Waals surface area contributed by atoms with E-state index in [1.54, 1.807) is 0 Å². The molecule has 0 fully saturated rings. The van der Waals surface area contributed by atoms with Gasteiger partial charge in [-0.3, -0.25) is 5.14 Å². The molecule has 2 N–H and O–H groups in total. The van der Waals surface area contributed by atoms with Crippen LogP contribution in [0.1, 0.15) is 11.1 Å². The first kappa shape index (κ1) is 15.4. The van der Waals surface area contributed by atoms with E-state index in [9.17, 15) is 0 Å². The first-order chi connectivity index (χ1) is 9.54. The average molecular weight is 325 g/mol. The summed E-state index contributed by atoms with van der Waals surface area (Å²) in [7, 11) is 0. The minimum absolute atomic E-state index is 0.711. The van der Waals surface area contributed by atoms with Gasteiger partial charge in [-0.25, -0.2) is 0 Å². The average Bonchev–Trinajstić information content (AvgIpc) is 2.44. The Hall–Kier alpha value is -1.00. The topological polar surface area (TPSA) is 46.5 Å². The summed E-state index contributed by atoms with van der Waals surface area (Å²) in [6.45, 7) is 3.92. The van der Waals surface area contributed by atoms with Crippen molar-refractivity contribution in [1.82, 2.24) is 0 Å². The predicted molar refractivity (Wildman–Crippen MR) is 89.7 cm³/mol. The van der Waals surface area contributed by atoms with Crippen LogP contribution in [0.25, 0.3) is 0 Å². The third kappa shape index (κ3) is 3.76. The van der Waals surface area contributed by atoms with Gasteiger partial charge in [0.05, 0.1) is 28.9 Å². The van der Waals surface area contributed by atoms with Crippen molar-refractivity contribution in [1.29, 1.82) is 0 Å². The Kier molecular flexibility index (Phi) is 5.11. The molecule has 0 heterocycles. The molecule has 0 spiro atoms. The summed E-state index contributed by atoms with van der Waals surface area (Å²) >= 11 is 6.45. The fourth-order valence-corrected chi connectivity index (χ4v) is 3.86. The number of hydrogen-bond donors (Lipinski definition) is 1. The molecule has 2 aromatic rings. The van der Waals surface area contributed by atoms with Crippen LogP contribution in [0.2, 0.25) is 0 Å². The molecule has 0 saturated carbocycles. The standard InChI is InChI=1S/C14H16NO2PS2/c1-11-7-3-5-9-13(11)16-18(19,20-15)17-14-10-6-4-8-12(14)2/h3-10H,15H2,1-2H3/q+1. The molecule has 0 aliphatic rings. The Morgan fingerprint density at radius 2 is 1.65 bits per heavy atom. The molecule has 20 heavy (non-hydrogen) atoms. The molecule has 1 radical (unpaired) electrons. The maximum Gasteiger partial charge on any atom is 0.583 e. The molecule has 105 valence electrons. The minimum atomic E-state index is -2.67. The molecule has 0 aliphatic heterocycles. The number of nitrogens with two attached hydrogens (primary N) is 1. The van der Waals surface area contributed by atoms with Crippen molar-refractivity contribution in [3.05, 3.63) is 59.7 Å². The predicted octanol–water partition coefficient (Wildman–Crippen LogP) is 4.59. The Balaban J connectivity index is 2.24. The van der Waals surface area contributed by atoms with Gasteiger partial charge in [0.25, 0.3) is 0 Å². The van der Waals surface area contributed by atoms with E-state index in [2.05, 4.69) is 0 Å². The second-order valence-corrected chi connectivity index (χ2v) is 9.95. The van der Waals surface area contributed by atoms with E-state index in [1.165, 1.54) is 0 Å². The second kappa shape index (κ2) is 6.64. The summed E-state index contributed by atoms with van der Waals surface area (Å²) in [5, 5.41) is 5.71. The maximum absolute atomic E-state index is 5.88. The lowest BCUT2D eigenvalue weighted by Gasteiger charge is -2.11. The third-order valence-corrected chi connectivity index (χ3v) is 6.28. The molecule has 0 aromatic heterocycles. The highest BCUT2D eigenvalue weighted by molar-refractivity contribution is 8.67. The maximum atomic E-state index is 5.88. The smallest absolute Gasteiger partial charge is 0.387 e. The van der Waals surface area contributed by atoms with Crippen molar-refractivity contribution >= 4 is 29.1 Å². The van der Waals surface area contributed by atoms with E-state index in [0.29, 0.717) is 11.5 Å². The second-order valence-electron chi connectivity index (χ2n) is 4.27. The SMILES string of the molecule is Cc1ccccc1OP(=S)([O+]c1ccccc1C)SN. The van der Waals surface area contributed by atoms with Crippen LogP contribution >= 0.6 is 17.3 Å². The van der Waals surface area contributed by atoms with Crippen LogP contribution in [-0.4, -0.2) is 0 Å². The first-order valence-corrected chi connectivity index (χ1v) is 10.2. The molecule has 0 amide bonds. The van der Waals surface area contributed by atoms with Gasteiger partial charge in [-0.2, -0.15) is 4.52 Å². The van der Waals surface area contributed by atoms with Gasteiger partial charge in [-0.15, -0.1) is 0 Å². The van der Waals surface area contributed by atoms with Gasteiger partial charge in [-0.05, 0) is 31.5 Å². The van der Waals surface area contributed by atoms with Gasteiger partial charge in [0.15, 0.2) is 0 Å². The van der Waals surface area contributed by atoms with Crippen molar-refractivity contribution in [2.24, 2.45) is 5.14 Å². The Morgan fingerprint density at radius 3 is 2.25 bits per heavy atom. The Morgan fingerprint density at radius 1 is 1.05 bits per heavy atom. The zero-order chi connectivity index (χ0) is 14.6. The molecular formula is C14H16NO2PS2+. The lowest BCUT2D eigenvalue weighted by Crippen LogP contribution is -2.01. The van der Waals surface area contributed by atoms with Crippen LogP contribution in [0.3, 0.4) is 0 Å². The largest absolute Gasteiger partial charge is 0.583 e. The summed E-state index contributed by atoms with van der Waals surface area (Å²) in [5.74, 6) is 1.42. The minimum Gasteiger partial charge on any atom is -0.387 e. The van der Waals surface area contributed by atoms with Gasteiger partial charge in [0, 0.05) is 6.07 Å². The summed E-state index contributed by atoms with van der Waals surface area (Å²) < 4.78 is 11.8. The highest BCUT2D eigenvalue weighted by Gasteiger charge is 2.38. The van der Waals surface area contributed by atoms with E-state index in [0.717, 1.165) is 22.7 Å². The van der Waals surface area contributed by atoms with Gasteiger partial charge < -0.3 is 4.52 Å². The quantitative estimate of drug-likeness (QED) is 0.495. The van der Waals surface area contributed by atoms with Crippen LogP contribution in [0, 0.1) is 13.8 Å². The molecule has 6 heteroatoms. The van der Waals surface area contributed by atoms with E-state index in [-0.39, 0.29) is 0 Å². The lowest BCUT2D eigenvalue weighted by atomic mass is 10.2. The summed E-state index contributed by atoms with van der Waals surface area (Å²) in [4.78, 5) is 0. The van der Waals surface area contributed by atoms with E-state index >= 15 is 0 Å². The zero-order valence-electron chi connectivity index (χ0n) is 11.3. The van der Waals surface area contributed by atoms with E-state index < -0.39 is 5.69 Å². The van der Waals surface area contributed by atoms with Gasteiger partial charge in [0.1, 0.15) is 5.75 Å². The zero-order valence-corrected chi connectivity index (χ0v) is 13.8. The van der Waals surface area contributed by atoms with Crippen LogP contribution in [-0.2, 0) is 11.8 Å². The number of aryl methyl sites for hydroxylation is 2. The van der Waals surface area contributed by atoms with Crippen LogP contribution in [0.5, 0.6) is 11.5 Å². The number of rotatable bonds is 5. The highest BCUT2D eigenvalue weighted by atomic mass is 32.9. The lowest BCUT2D eigenvalue weighted by molar-refractivity contribution is 0.502. The molecule has 2 aromatic carbocycles. The van der Waals surface area contributed by atoms with Gasteiger partial charge in [0.2, 0.25) is 0 Å². The Labute approximate surface area is 128 Å². The number of para-hydroxylation sites is 2. The third-order valence-electron chi connectivity index (χ3n) is 2.74. The fourth-order valence-electron chi connectivity index (χ4n) is 1.62. The Bertz CT molecular complexity index is 597. The molecule has 0 saturated heterocycles. The summed E-state index contributed by atoms with van der Waals surface area (Å²) in [5.41, 5.74) is -0.662. The molecule has 0 aliphatic carbocycles. The molecule has 0 atom stereocenters. The first-order valence-electron chi connectivity index (χ1n) is 6.03. The number of benzene rings is 2. The van der Waals surface area contributed by atoms with Crippen molar-refractivity contribution in [2.75, 3.05) is 0 Å².